The molecule has 1 fully saturated rings. The molecule has 1 heterocycles. The summed E-state index contributed by atoms with van der Waals surface area (Å²) >= 11 is 0. The molecule has 1 aliphatic rings. The van der Waals surface area contributed by atoms with E-state index in [1.54, 1.807) is 19.1 Å². The van der Waals surface area contributed by atoms with E-state index in [0.717, 1.165) is 5.56 Å². The smallest absolute Gasteiger partial charge is 0.297 e. The fourth-order valence-electron chi connectivity index (χ4n) is 2.18. The fourth-order valence-corrected chi connectivity index (χ4v) is 3.28. The lowest BCUT2D eigenvalue weighted by Crippen LogP contribution is -2.49. The van der Waals surface area contributed by atoms with Crippen molar-refractivity contribution < 1.29 is 27.2 Å². The third kappa shape index (κ3) is 3.81. The van der Waals surface area contributed by atoms with Crippen LogP contribution in [0.5, 0.6) is 0 Å². The van der Waals surface area contributed by atoms with Gasteiger partial charge in [0.2, 0.25) is 0 Å². The zero-order valence-electron chi connectivity index (χ0n) is 12.2. The van der Waals surface area contributed by atoms with E-state index in [4.69, 9.17) is 13.7 Å². The molecule has 0 aromatic heterocycles. The zero-order chi connectivity index (χ0) is 15.6. The summed E-state index contributed by atoms with van der Waals surface area (Å²) in [5, 5.41) is 10.0. The van der Waals surface area contributed by atoms with Gasteiger partial charge in [-0.15, -0.1) is 0 Å². The molecule has 1 saturated heterocycles. The zero-order valence-corrected chi connectivity index (χ0v) is 13.0. The van der Waals surface area contributed by atoms with E-state index in [1.165, 1.54) is 19.2 Å². The predicted octanol–water partition coefficient (Wildman–Crippen LogP) is 1.21. The highest BCUT2D eigenvalue weighted by Crippen LogP contribution is 2.26. The van der Waals surface area contributed by atoms with Gasteiger partial charge in [-0.2, -0.15) is 8.42 Å². The van der Waals surface area contributed by atoms with Crippen LogP contribution in [0.15, 0.2) is 29.2 Å². The van der Waals surface area contributed by atoms with Gasteiger partial charge in [0.25, 0.3) is 10.1 Å². The number of aliphatic hydroxyl groups is 1. The molecule has 0 aliphatic carbocycles. The van der Waals surface area contributed by atoms with E-state index >= 15 is 0 Å². The van der Waals surface area contributed by atoms with Crippen molar-refractivity contribution in [3.05, 3.63) is 29.8 Å². The van der Waals surface area contributed by atoms with Crippen LogP contribution in [-0.4, -0.2) is 45.2 Å². The maximum atomic E-state index is 12.2. The van der Waals surface area contributed by atoms with Crippen LogP contribution in [0.25, 0.3) is 0 Å². The summed E-state index contributed by atoms with van der Waals surface area (Å²) in [7, 11) is -2.48. The van der Waals surface area contributed by atoms with Crippen molar-refractivity contribution in [2.75, 3.05) is 7.11 Å². The Bertz CT molecular complexity index is 568. The molecular weight excluding hydrogens is 296 g/mol. The molecule has 0 unspecified atom stereocenters. The van der Waals surface area contributed by atoms with Gasteiger partial charge < -0.3 is 14.6 Å². The Morgan fingerprint density at radius 2 is 1.90 bits per heavy atom. The van der Waals surface area contributed by atoms with Gasteiger partial charge in [0.15, 0.2) is 6.29 Å². The van der Waals surface area contributed by atoms with Crippen molar-refractivity contribution in [2.24, 2.45) is 0 Å². The number of hydrogen-bond donors (Lipinski definition) is 1. The number of rotatable bonds is 4. The maximum Gasteiger partial charge on any atom is 0.297 e. The van der Waals surface area contributed by atoms with Crippen molar-refractivity contribution in [3.63, 3.8) is 0 Å². The minimum atomic E-state index is -3.94. The third-order valence-corrected chi connectivity index (χ3v) is 4.83. The number of aliphatic hydroxyl groups excluding tert-OH is 1. The van der Waals surface area contributed by atoms with Crippen LogP contribution in [0.2, 0.25) is 0 Å². The topological polar surface area (TPSA) is 82.1 Å². The third-order valence-electron chi connectivity index (χ3n) is 3.48. The number of benzene rings is 1. The largest absolute Gasteiger partial charge is 0.388 e. The molecule has 0 bridgehead atoms. The molecule has 0 spiro atoms. The van der Waals surface area contributed by atoms with E-state index in [1.807, 2.05) is 6.92 Å². The van der Waals surface area contributed by atoms with Gasteiger partial charge in [0, 0.05) is 13.5 Å². The normalized spacial score (nSPS) is 30.3. The first kappa shape index (κ1) is 16.4. The standard InChI is InChI=1S/C14H20O6S/c1-9-4-6-11(7-5-9)21(16,17)20-12-8-13(18-3)19-10(2)14(12)15/h4-7,10,12-15H,8H2,1-3H3/t10-,12-,13-,14-/m1/s1. The van der Waals surface area contributed by atoms with Gasteiger partial charge >= 0.3 is 0 Å². The van der Waals surface area contributed by atoms with Gasteiger partial charge in [-0.3, -0.25) is 4.18 Å². The van der Waals surface area contributed by atoms with Crippen LogP contribution in [0.3, 0.4) is 0 Å². The van der Waals surface area contributed by atoms with Crippen LogP contribution in [-0.2, 0) is 23.8 Å². The number of aryl methyl sites for hydroxylation is 1. The molecule has 0 amide bonds. The van der Waals surface area contributed by atoms with Gasteiger partial charge in [-0.1, -0.05) is 17.7 Å². The summed E-state index contributed by atoms with van der Waals surface area (Å²) < 4.78 is 40.1. The van der Waals surface area contributed by atoms with E-state index in [0.29, 0.717) is 0 Å². The van der Waals surface area contributed by atoms with E-state index in [-0.39, 0.29) is 11.3 Å². The Morgan fingerprint density at radius 1 is 1.29 bits per heavy atom. The maximum absolute atomic E-state index is 12.2. The molecule has 1 N–H and O–H groups in total. The number of methoxy groups -OCH3 is 1. The molecule has 1 aromatic carbocycles. The van der Waals surface area contributed by atoms with Crippen LogP contribution in [0, 0.1) is 6.92 Å². The predicted molar refractivity (Wildman–Crippen MR) is 75.2 cm³/mol. The van der Waals surface area contributed by atoms with Gasteiger partial charge in [0.1, 0.15) is 12.2 Å². The highest BCUT2D eigenvalue weighted by molar-refractivity contribution is 7.86. The molecule has 6 nitrogen and oxygen atoms in total. The van der Waals surface area contributed by atoms with Crippen LogP contribution >= 0.6 is 0 Å². The summed E-state index contributed by atoms with van der Waals surface area (Å²) in [6.45, 7) is 3.51. The lowest BCUT2D eigenvalue weighted by molar-refractivity contribution is -0.232. The first-order chi connectivity index (χ1) is 9.83. The Hall–Kier alpha value is -0.990. The highest BCUT2D eigenvalue weighted by atomic mass is 32.2. The molecule has 1 aromatic rings. The molecule has 21 heavy (non-hydrogen) atoms. The van der Waals surface area contributed by atoms with Gasteiger partial charge in [-0.05, 0) is 26.0 Å². The Labute approximate surface area is 124 Å². The van der Waals surface area contributed by atoms with E-state index in [9.17, 15) is 13.5 Å². The highest BCUT2D eigenvalue weighted by Gasteiger charge is 2.39. The Balaban J connectivity index is 2.16. The van der Waals surface area contributed by atoms with Crippen LogP contribution in [0.4, 0.5) is 0 Å². The fraction of sp³-hybridized carbons (Fsp3) is 0.571. The van der Waals surface area contributed by atoms with Crippen LogP contribution < -0.4 is 0 Å². The van der Waals surface area contributed by atoms with Crippen molar-refractivity contribution >= 4 is 10.1 Å². The monoisotopic (exact) mass is 316 g/mol. The minimum absolute atomic E-state index is 0.0633. The summed E-state index contributed by atoms with van der Waals surface area (Å²) in [5.74, 6) is 0. The average molecular weight is 316 g/mol. The van der Waals surface area contributed by atoms with Crippen molar-refractivity contribution in [3.8, 4) is 0 Å². The quantitative estimate of drug-likeness (QED) is 0.841. The molecule has 1 aliphatic heterocycles. The van der Waals surface area contributed by atoms with Crippen molar-refractivity contribution in [2.45, 2.75) is 49.8 Å². The second-order valence-electron chi connectivity index (χ2n) is 5.13. The van der Waals surface area contributed by atoms with Gasteiger partial charge in [0.05, 0.1) is 11.0 Å². The SMILES string of the molecule is CO[C@H]1C[C@@H](OS(=O)(=O)c2ccc(C)cc2)[C@H](O)[C@@H](C)O1. The summed E-state index contributed by atoms with van der Waals surface area (Å²) in [4.78, 5) is 0.0633. The molecule has 7 heteroatoms. The van der Waals surface area contributed by atoms with E-state index in [2.05, 4.69) is 0 Å². The lowest BCUT2D eigenvalue weighted by atomic mass is 10.0. The Kier molecular flexibility index (Phi) is 5.00. The first-order valence-electron chi connectivity index (χ1n) is 6.70. The second-order valence-corrected chi connectivity index (χ2v) is 6.71. The van der Waals surface area contributed by atoms with Gasteiger partial charge in [-0.25, -0.2) is 0 Å². The van der Waals surface area contributed by atoms with Crippen molar-refractivity contribution in [1.29, 1.82) is 0 Å². The average Bonchev–Trinajstić information content (AvgIpc) is 2.43. The van der Waals surface area contributed by atoms with E-state index < -0.39 is 34.7 Å². The summed E-state index contributed by atoms with van der Waals surface area (Å²) in [6.07, 6.45) is -2.95. The number of hydrogen-bond acceptors (Lipinski definition) is 6. The molecule has 118 valence electrons. The second kappa shape index (κ2) is 6.41. The molecule has 0 radical (unpaired) electrons. The number of ether oxygens (including phenoxy) is 2. The van der Waals surface area contributed by atoms with Crippen molar-refractivity contribution in [1.82, 2.24) is 0 Å². The molecular formula is C14H20O6S. The first-order valence-corrected chi connectivity index (χ1v) is 8.10. The minimum Gasteiger partial charge on any atom is -0.388 e. The summed E-state index contributed by atoms with van der Waals surface area (Å²) in [5.41, 5.74) is 0.952. The molecule has 4 atom stereocenters. The summed E-state index contributed by atoms with van der Waals surface area (Å²) in [6, 6.07) is 6.34. The lowest BCUT2D eigenvalue weighted by Gasteiger charge is -2.36. The van der Waals surface area contributed by atoms with Crippen LogP contribution in [0.1, 0.15) is 18.9 Å². The molecule has 2 rings (SSSR count). The molecule has 0 saturated carbocycles. The Morgan fingerprint density at radius 3 is 2.48 bits per heavy atom.